The summed E-state index contributed by atoms with van der Waals surface area (Å²) >= 11 is 0. The highest BCUT2D eigenvalue weighted by Gasteiger charge is 2.09. The van der Waals surface area contributed by atoms with Gasteiger partial charge >= 0.3 is 5.69 Å². The van der Waals surface area contributed by atoms with E-state index in [9.17, 15) is 4.79 Å². The zero-order chi connectivity index (χ0) is 11.0. The molecule has 0 fully saturated rings. The van der Waals surface area contributed by atoms with Crippen LogP contribution in [0.15, 0.2) is 23.0 Å². The highest BCUT2D eigenvalue weighted by Crippen LogP contribution is 2.16. The molecule has 4 heteroatoms. The Morgan fingerprint density at radius 2 is 2.20 bits per heavy atom. The van der Waals surface area contributed by atoms with E-state index in [1.807, 2.05) is 32.0 Å². The van der Waals surface area contributed by atoms with E-state index in [-0.39, 0.29) is 11.7 Å². The number of nitrogens with two attached hydrogens (primary N) is 1. The normalized spacial score (nSPS) is 11.5. The summed E-state index contributed by atoms with van der Waals surface area (Å²) < 4.78 is 1.74. The van der Waals surface area contributed by atoms with Crippen molar-refractivity contribution < 1.29 is 0 Å². The Labute approximate surface area is 87.7 Å². The Bertz CT molecular complexity index is 536. The summed E-state index contributed by atoms with van der Waals surface area (Å²) in [4.78, 5) is 14.5. The Hall–Kier alpha value is -1.55. The first-order chi connectivity index (χ1) is 7.13. The zero-order valence-electron chi connectivity index (χ0n) is 8.95. The second kappa shape index (κ2) is 3.55. The Morgan fingerprint density at radius 3 is 2.80 bits per heavy atom. The molecule has 2 rings (SSSR count). The lowest BCUT2D eigenvalue weighted by Crippen LogP contribution is -2.18. The van der Waals surface area contributed by atoms with Gasteiger partial charge in [-0.3, -0.25) is 4.57 Å². The third-order valence-electron chi connectivity index (χ3n) is 2.53. The molecule has 1 aromatic carbocycles. The van der Waals surface area contributed by atoms with E-state index in [1.54, 1.807) is 4.57 Å². The minimum atomic E-state index is -0.0610. The fraction of sp³-hybridized carbons (Fsp3) is 0.364. The Morgan fingerprint density at radius 1 is 1.47 bits per heavy atom. The summed E-state index contributed by atoms with van der Waals surface area (Å²) in [5.74, 6) is 0. The SMILES string of the molecule is CC(C)n1c(=O)[nH]c2ccc(CN)cc21. The van der Waals surface area contributed by atoms with E-state index in [1.165, 1.54) is 0 Å². The molecule has 15 heavy (non-hydrogen) atoms. The molecule has 80 valence electrons. The molecule has 0 atom stereocenters. The number of H-pyrrole nitrogens is 1. The van der Waals surface area contributed by atoms with E-state index in [4.69, 9.17) is 5.73 Å². The second-order valence-electron chi connectivity index (χ2n) is 3.95. The van der Waals surface area contributed by atoms with E-state index >= 15 is 0 Å². The van der Waals surface area contributed by atoms with E-state index in [2.05, 4.69) is 4.98 Å². The first-order valence-electron chi connectivity index (χ1n) is 5.06. The number of fused-ring (bicyclic) bond motifs is 1. The molecule has 1 aromatic heterocycles. The van der Waals surface area contributed by atoms with E-state index in [0.29, 0.717) is 6.54 Å². The van der Waals surface area contributed by atoms with Crippen molar-refractivity contribution in [1.82, 2.24) is 9.55 Å². The standard InChI is InChI=1S/C11H15N3O/c1-7(2)14-10-5-8(6-12)3-4-9(10)13-11(14)15/h3-5,7H,6,12H2,1-2H3,(H,13,15). The van der Waals surface area contributed by atoms with Gasteiger partial charge in [0, 0.05) is 12.6 Å². The Kier molecular flexibility index (Phi) is 2.36. The maximum absolute atomic E-state index is 11.7. The predicted octanol–water partition coefficient (Wildman–Crippen LogP) is 1.37. The molecule has 0 aliphatic heterocycles. The minimum Gasteiger partial charge on any atom is -0.326 e. The van der Waals surface area contributed by atoms with Crippen molar-refractivity contribution in [3.05, 3.63) is 34.2 Å². The molecule has 0 bridgehead atoms. The molecule has 3 N–H and O–H groups in total. The number of hydrogen-bond donors (Lipinski definition) is 2. The maximum atomic E-state index is 11.7. The largest absolute Gasteiger partial charge is 0.326 e. The molecule has 0 spiro atoms. The summed E-state index contributed by atoms with van der Waals surface area (Å²) in [5, 5.41) is 0. The van der Waals surface area contributed by atoms with Crippen molar-refractivity contribution >= 4 is 11.0 Å². The van der Waals surface area contributed by atoms with Crippen molar-refractivity contribution in [2.24, 2.45) is 5.73 Å². The van der Waals surface area contributed by atoms with Gasteiger partial charge in [-0.05, 0) is 31.5 Å². The highest BCUT2D eigenvalue weighted by atomic mass is 16.1. The summed E-state index contributed by atoms with van der Waals surface area (Å²) in [7, 11) is 0. The zero-order valence-corrected chi connectivity index (χ0v) is 8.95. The number of hydrogen-bond acceptors (Lipinski definition) is 2. The number of rotatable bonds is 2. The number of imidazole rings is 1. The maximum Gasteiger partial charge on any atom is 0.326 e. The average Bonchev–Trinajstić information content (AvgIpc) is 2.52. The monoisotopic (exact) mass is 205 g/mol. The van der Waals surface area contributed by atoms with Crippen molar-refractivity contribution in [3.8, 4) is 0 Å². The lowest BCUT2D eigenvalue weighted by atomic mass is 10.2. The predicted molar refractivity (Wildman–Crippen MR) is 60.8 cm³/mol. The number of nitrogens with one attached hydrogen (secondary N) is 1. The lowest BCUT2D eigenvalue weighted by molar-refractivity contribution is 0.598. The van der Waals surface area contributed by atoms with Crippen LogP contribution in [0.25, 0.3) is 11.0 Å². The van der Waals surface area contributed by atoms with Crippen molar-refractivity contribution in [2.75, 3.05) is 0 Å². The molecule has 0 radical (unpaired) electrons. The van der Waals surface area contributed by atoms with Gasteiger partial charge in [0.15, 0.2) is 0 Å². The smallest absolute Gasteiger partial charge is 0.326 e. The van der Waals surface area contributed by atoms with Gasteiger partial charge < -0.3 is 10.7 Å². The van der Waals surface area contributed by atoms with Crippen LogP contribution in [0.3, 0.4) is 0 Å². The quantitative estimate of drug-likeness (QED) is 0.777. The first-order valence-corrected chi connectivity index (χ1v) is 5.06. The van der Waals surface area contributed by atoms with Crippen LogP contribution in [0, 0.1) is 0 Å². The van der Waals surface area contributed by atoms with Crippen LogP contribution < -0.4 is 11.4 Å². The van der Waals surface area contributed by atoms with Crippen LogP contribution in [0.1, 0.15) is 25.5 Å². The molecule has 0 saturated carbocycles. The second-order valence-corrected chi connectivity index (χ2v) is 3.95. The molecule has 0 unspecified atom stereocenters. The van der Waals surface area contributed by atoms with Crippen LogP contribution in [0.5, 0.6) is 0 Å². The molecule has 0 aliphatic rings. The Balaban J connectivity index is 2.78. The van der Waals surface area contributed by atoms with Gasteiger partial charge in [0.25, 0.3) is 0 Å². The van der Waals surface area contributed by atoms with Gasteiger partial charge in [-0.25, -0.2) is 4.79 Å². The molecule has 0 saturated heterocycles. The van der Waals surface area contributed by atoms with Crippen LogP contribution in [0.4, 0.5) is 0 Å². The fourth-order valence-corrected chi connectivity index (χ4v) is 1.81. The van der Waals surface area contributed by atoms with Gasteiger partial charge in [0.2, 0.25) is 0 Å². The van der Waals surface area contributed by atoms with Crippen molar-refractivity contribution in [1.29, 1.82) is 0 Å². The van der Waals surface area contributed by atoms with E-state index in [0.717, 1.165) is 16.6 Å². The van der Waals surface area contributed by atoms with Gasteiger partial charge in [-0.2, -0.15) is 0 Å². The van der Waals surface area contributed by atoms with Crippen molar-refractivity contribution in [2.45, 2.75) is 26.4 Å². The first kappa shape index (κ1) is 9.98. The molecule has 2 aromatic rings. The molecular weight excluding hydrogens is 190 g/mol. The van der Waals surface area contributed by atoms with Gasteiger partial charge in [-0.15, -0.1) is 0 Å². The van der Waals surface area contributed by atoms with Crippen LogP contribution >= 0.6 is 0 Å². The molecule has 4 nitrogen and oxygen atoms in total. The third kappa shape index (κ3) is 1.57. The number of aromatic amines is 1. The fourth-order valence-electron chi connectivity index (χ4n) is 1.81. The summed E-state index contributed by atoms with van der Waals surface area (Å²) in [6.45, 7) is 4.47. The summed E-state index contributed by atoms with van der Waals surface area (Å²) in [5.41, 5.74) is 8.35. The van der Waals surface area contributed by atoms with Crippen LogP contribution in [-0.2, 0) is 6.54 Å². The highest BCUT2D eigenvalue weighted by molar-refractivity contribution is 5.76. The number of aromatic nitrogens is 2. The number of benzene rings is 1. The third-order valence-corrected chi connectivity index (χ3v) is 2.53. The summed E-state index contributed by atoms with van der Waals surface area (Å²) in [6.07, 6.45) is 0. The number of nitrogens with zero attached hydrogens (tertiary/aromatic N) is 1. The van der Waals surface area contributed by atoms with Crippen molar-refractivity contribution in [3.63, 3.8) is 0 Å². The van der Waals surface area contributed by atoms with Crippen LogP contribution in [0.2, 0.25) is 0 Å². The molecule has 1 heterocycles. The van der Waals surface area contributed by atoms with Gasteiger partial charge in [0.05, 0.1) is 11.0 Å². The molecule has 0 amide bonds. The average molecular weight is 205 g/mol. The molecular formula is C11H15N3O. The summed E-state index contributed by atoms with van der Waals surface area (Å²) in [6, 6.07) is 5.95. The van der Waals surface area contributed by atoms with E-state index < -0.39 is 0 Å². The lowest BCUT2D eigenvalue weighted by Gasteiger charge is -2.07. The molecule has 0 aliphatic carbocycles. The minimum absolute atomic E-state index is 0.0610. The van der Waals surface area contributed by atoms with Crippen LogP contribution in [-0.4, -0.2) is 9.55 Å². The van der Waals surface area contributed by atoms with Gasteiger partial charge in [-0.1, -0.05) is 6.07 Å². The topological polar surface area (TPSA) is 63.8 Å². The van der Waals surface area contributed by atoms with Gasteiger partial charge in [0.1, 0.15) is 0 Å².